The van der Waals surface area contributed by atoms with Crippen molar-refractivity contribution in [3.63, 3.8) is 0 Å². The number of nitrogens with one attached hydrogen (secondary N) is 2. The van der Waals surface area contributed by atoms with Gasteiger partial charge in [0.05, 0.1) is 0 Å². The quantitative estimate of drug-likeness (QED) is 0.559. The van der Waals surface area contributed by atoms with E-state index in [1.165, 1.54) is 0 Å². The highest BCUT2D eigenvalue weighted by molar-refractivity contribution is 4.50. The van der Waals surface area contributed by atoms with Crippen LogP contribution in [0.4, 0.5) is 0 Å². The zero-order chi connectivity index (χ0) is 7.98. The Morgan fingerprint density at radius 3 is 1.70 bits per heavy atom. The highest BCUT2D eigenvalue weighted by Crippen LogP contribution is 1.86. The molecule has 0 aromatic rings. The first-order valence-corrected chi connectivity index (χ1v) is 3.98. The maximum Gasteiger partial charge on any atom is 0.0343 e. The van der Waals surface area contributed by atoms with Crippen LogP contribution >= 0.6 is 0 Å². The van der Waals surface area contributed by atoms with Gasteiger partial charge < -0.3 is 0 Å². The van der Waals surface area contributed by atoms with Gasteiger partial charge in [-0.3, -0.25) is 0 Å². The van der Waals surface area contributed by atoms with Crippen molar-refractivity contribution in [3.8, 4) is 0 Å². The highest BCUT2D eigenvalue weighted by Gasteiger charge is 2.03. The molecule has 0 aromatic carbocycles. The van der Waals surface area contributed by atoms with Crippen molar-refractivity contribution < 1.29 is 0 Å². The Bertz CT molecular complexity index is 67.3. The van der Waals surface area contributed by atoms with Crippen LogP contribution in [0.15, 0.2) is 0 Å². The maximum atomic E-state index is 3.21. The summed E-state index contributed by atoms with van der Waals surface area (Å²) in [4.78, 5) is 0. The minimum absolute atomic E-state index is 0.500. The van der Waals surface area contributed by atoms with Crippen molar-refractivity contribution in [2.24, 2.45) is 0 Å². The summed E-state index contributed by atoms with van der Waals surface area (Å²) in [5, 5.41) is 2.03. The van der Waals surface area contributed by atoms with Gasteiger partial charge in [0.2, 0.25) is 0 Å². The number of rotatable bonds is 5. The molecule has 0 radical (unpaired) electrons. The standard InChI is InChI=1S/C7H19N3/c1-5-8-10(7(3)4)9-6-2/h7-9H,5-6H2,1-4H3. The molecule has 2 N–H and O–H groups in total. The van der Waals surface area contributed by atoms with Crippen LogP contribution in [0.2, 0.25) is 0 Å². The van der Waals surface area contributed by atoms with Crippen LogP contribution in [0, 0.1) is 0 Å². The summed E-state index contributed by atoms with van der Waals surface area (Å²) in [7, 11) is 0. The first-order valence-electron chi connectivity index (χ1n) is 3.98. The molecule has 0 aromatic heterocycles. The van der Waals surface area contributed by atoms with Crippen molar-refractivity contribution in [1.29, 1.82) is 0 Å². The molecular weight excluding hydrogens is 126 g/mol. The molecule has 0 saturated carbocycles. The molecule has 0 fully saturated rings. The first-order chi connectivity index (χ1) is 4.72. The Labute approximate surface area is 63.7 Å². The fourth-order valence-electron chi connectivity index (χ4n) is 0.762. The van der Waals surface area contributed by atoms with E-state index in [1.807, 2.05) is 5.12 Å². The fourth-order valence-corrected chi connectivity index (χ4v) is 0.762. The van der Waals surface area contributed by atoms with Crippen molar-refractivity contribution in [1.82, 2.24) is 16.0 Å². The van der Waals surface area contributed by atoms with Gasteiger partial charge in [-0.25, -0.2) is 10.9 Å². The lowest BCUT2D eigenvalue weighted by Crippen LogP contribution is -2.51. The molecule has 3 nitrogen and oxygen atoms in total. The van der Waals surface area contributed by atoms with E-state index < -0.39 is 0 Å². The molecule has 0 aliphatic rings. The summed E-state index contributed by atoms with van der Waals surface area (Å²) in [5.74, 6) is 0. The monoisotopic (exact) mass is 145 g/mol. The average molecular weight is 145 g/mol. The van der Waals surface area contributed by atoms with Crippen LogP contribution in [0.3, 0.4) is 0 Å². The molecule has 0 aliphatic carbocycles. The van der Waals surface area contributed by atoms with Crippen LogP contribution in [-0.4, -0.2) is 24.2 Å². The van der Waals surface area contributed by atoms with Gasteiger partial charge in [0.15, 0.2) is 0 Å². The minimum Gasteiger partial charge on any atom is -0.242 e. The molecule has 0 atom stereocenters. The SMILES string of the molecule is CCNN(NCC)C(C)C. The molecule has 0 heterocycles. The third-order valence-corrected chi connectivity index (χ3v) is 1.17. The first kappa shape index (κ1) is 9.88. The predicted octanol–water partition coefficient (Wildman–Crippen LogP) is 0.746. The third kappa shape index (κ3) is 3.82. The molecule has 62 valence electrons. The van der Waals surface area contributed by atoms with E-state index in [-0.39, 0.29) is 0 Å². The smallest absolute Gasteiger partial charge is 0.0343 e. The van der Waals surface area contributed by atoms with Crippen molar-refractivity contribution in [2.75, 3.05) is 13.1 Å². The zero-order valence-corrected chi connectivity index (χ0v) is 7.44. The molecule has 0 aliphatic heterocycles. The van der Waals surface area contributed by atoms with Gasteiger partial charge in [-0.2, -0.15) is 5.12 Å². The summed E-state index contributed by atoms with van der Waals surface area (Å²) in [6.45, 7) is 10.4. The highest BCUT2D eigenvalue weighted by atomic mass is 15.7. The molecule has 0 saturated heterocycles. The molecule has 3 heteroatoms. The van der Waals surface area contributed by atoms with Crippen LogP contribution in [-0.2, 0) is 0 Å². The van der Waals surface area contributed by atoms with Crippen molar-refractivity contribution in [3.05, 3.63) is 0 Å². The van der Waals surface area contributed by atoms with Gasteiger partial charge >= 0.3 is 0 Å². The normalized spacial score (nSPS) is 11.4. The summed E-state index contributed by atoms with van der Waals surface area (Å²) in [6.07, 6.45) is 0. The van der Waals surface area contributed by atoms with Crippen molar-refractivity contribution >= 4 is 0 Å². The molecule has 0 unspecified atom stereocenters. The number of hydrazine groups is 2. The Morgan fingerprint density at radius 2 is 1.50 bits per heavy atom. The lowest BCUT2D eigenvalue weighted by Gasteiger charge is -2.26. The van der Waals surface area contributed by atoms with Crippen molar-refractivity contribution in [2.45, 2.75) is 33.7 Å². The average Bonchev–Trinajstić information content (AvgIpc) is 1.87. The van der Waals surface area contributed by atoms with Gasteiger partial charge in [-0.05, 0) is 13.8 Å². The Kier molecular flexibility index (Phi) is 5.58. The minimum atomic E-state index is 0.500. The second-order valence-electron chi connectivity index (χ2n) is 2.49. The van der Waals surface area contributed by atoms with E-state index >= 15 is 0 Å². The van der Waals surface area contributed by atoms with Gasteiger partial charge in [-0.1, -0.05) is 13.8 Å². The van der Waals surface area contributed by atoms with Crippen LogP contribution in [0.25, 0.3) is 0 Å². The maximum absolute atomic E-state index is 3.21. The number of hydrogen-bond acceptors (Lipinski definition) is 3. The molecular formula is C7H19N3. The van der Waals surface area contributed by atoms with E-state index in [1.54, 1.807) is 0 Å². The number of nitrogens with zero attached hydrogens (tertiary/aromatic N) is 1. The topological polar surface area (TPSA) is 27.3 Å². The second kappa shape index (κ2) is 5.65. The lowest BCUT2D eigenvalue weighted by molar-refractivity contribution is 0.0809. The number of hydrogen-bond donors (Lipinski definition) is 2. The molecule has 10 heavy (non-hydrogen) atoms. The fraction of sp³-hybridized carbons (Fsp3) is 1.00. The van der Waals surface area contributed by atoms with E-state index in [4.69, 9.17) is 0 Å². The van der Waals surface area contributed by atoms with E-state index in [0.29, 0.717) is 6.04 Å². The molecule has 0 rings (SSSR count). The van der Waals surface area contributed by atoms with E-state index in [0.717, 1.165) is 13.1 Å². The van der Waals surface area contributed by atoms with Gasteiger partial charge in [0.1, 0.15) is 0 Å². The van der Waals surface area contributed by atoms with Gasteiger partial charge in [-0.15, -0.1) is 0 Å². The zero-order valence-electron chi connectivity index (χ0n) is 7.44. The Balaban J connectivity index is 3.50. The van der Waals surface area contributed by atoms with E-state index in [9.17, 15) is 0 Å². The summed E-state index contributed by atoms with van der Waals surface area (Å²) in [5.41, 5.74) is 6.41. The lowest BCUT2D eigenvalue weighted by atomic mass is 10.4. The second-order valence-corrected chi connectivity index (χ2v) is 2.49. The van der Waals surface area contributed by atoms with Gasteiger partial charge in [0.25, 0.3) is 0 Å². The van der Waals surface area contributed by atoms with Gasteiger partial charge in [0, 0.05) is 19.1 Å². The summed E-state index contributed by atoms with van der Waals surface area (Å²) < 4.78 is 0. The predicted molar refractivity (Wildman–Crippen MR) is 44.3 cm³/mol. The van der Waals surface area contributed by atoms with E-state index in [2.05, 4.69) is 38.5 Å². The molecule has 0 bridgehead atoms. The largest absolute Gasteiger partial charge is 0.242 e. The third-order valence-electron chi connectivity index (χ3n) is 1.17. The summed E-state index contributed by atoms with van der Waals surface area (Å²) >= 11 is 0. The van der Waals surface area contributed by atoms with Crippen LogP contribution in [0.1, 0.15) is 27.7 Å². The van der Waals surface area contributed by atoms with Crippen LogP contribution < -0.4 is 10.9 Å². The summed E-state index contributed by atoms with van der Waals surface area (Å²) in [6, 6.07) is 0.500. The van der Waals surface area contributed by atoms with Crippen LogP contribution in [0.5, 0.6) is 0 Å². The molecule has 0 spiro atoms. The Morgan fingerprint density at radius 1 is 1.10 bits per heavy atom. The Hall–Kier alpha value is -0.120. The molecule has 0 amide bonds.